The van der Waals surface area contributed by atoms with Crippen LogP contribution in [0.5, 0.6) is 0 Å². The molecule has 0 heterocycles. The van der Waals surface area contributed by atoms with Crippen LogP contribution in [-0.2, 0) is 25.7 Å². The van der Waals surface area contributed by atoms with Gasteiger partial charge in [-0.05, 0) is 31.7 Å². The maximum Gasteiger partial charge on any atom is 0.408 e. The van der Waals surface area contributed by atoms with Crippen LogP contribution in [0.15, 0.2) is 35.3 Å². The van der Waals surface area contributed by atoms with Gasteiger partial charge in [0.2, 0.25) is 11.8 Å². The molecule has 0 spiro atoms. The molecule has 0 fully saturated rings. The standard InChI is InChI=1S/C23H35N3O6/c1-22(2,3)18(19(29)24-7)26-20(31-14-15-11-9-8-10-12-15)16(13-17(27)28)25-21(30)32-23(4,5)6/h8-12,16,18H,13-14H2,1-7H3,(H,24,29)(H,25,30)(H,27,28)/t16?,18-/m1/s1. The summed E-state index contributed by atoms with van der Waals surface area (Å²) < 4.78 is 11.1. The third-order valence-electron chi connectivity index (χ3n) is 4.17. The fourth-order valence-electron chi connectivity index (χ4n) is 2.69. The molecule has 9 heteroatoms. The van der Waals surface area contributed by atoms with Crippen LogP contribution in [0.2, 0.25) is 0 Å². The molecule has 0 radical (unpaired) electrons. The number of nitrogens with one attached hydrogen (secondary N) is 2. The van der Waals surface area contributed by atoms with Gasteiger partial charge in [0.25, 0.3) is 0 Å². The predicted molar refractivity (Wildman–Crippen MR) is 121 cm³/mol. The number of carboxylic acids is 1. The fourth-order valence-corrected chi connectivity index (χ4v) is 2.69. The molecule has 0 aliphatic heterocycles. The molecule has 0 bridgehead atoms. The summed E-state index contributed by atoms with van der Waals surface area (Å²) >= 11 is 0. The number of carbonyl (C=O) groups is 3. The highest BCUT2D eigenvalue weighted by molar-refractivity contribution is 5.92. The van der Waals surface area contributed by atoms with Gasteiger partial charge in [0.1, 0.15) is 24.3 Å². The minimum atomic E-state index is -1.17. The highest BCUT2D eigenvalue weighted by Crippen LogP contribution is 2.24. The van der Waals surface area contributed by atoms with Crippen molar-refractivity contribution in [3.63, 3.8) is 0 Å². The van der Waals surface area contributed by atoms with Gasteiger partial charge in [0, 0.05) is 7.05 Å². The number of carbonyl (C=O) groups excluding carboxylic acids is 2. The molecule has 32 heavy (non-hydrogen) atoms. The molecule has 1 rings (SSSR count). The van der Waals surface area contributed by atoms with E-state index in [2.05, 4.69) is 15.6 Å². The first kappa shape index (κ1) is 26.9. The maximum absolute atomic E-state index is 12.5. The number of nitrogens with zero attached hydrogens (tertiary/aromatic N) is 1. The lowest BCUT2D eigenvalue weighted by Gasteiger charge is -2.29. The molecule has 0 aromatic heterocycles. The van der Waals surface area contributed by atoms with Gasteiger partial charge in [-0.25, -0.2) is 9.79 Å². The first-order valence-electron chi connectivity index (χ1n) is 10.4. The number of aliphatic carboxylic acids is 1. The van der Waals surface area contributed by atoms with Crippen LogP contribution in [0.1, 0.15) is 53.5 Å². The van der Waals surface area contributed by atoms with Crippen molar-refractivity contribution in [1.82, 2.24) is 10.6 Å². The lowest BCUT2D eigenvalue weighted by molar-refractivity contribution is -0.137. The van der Waals surface area contributed by atoms with Gasteiger partial charge in [0.05, 0.1) is 6.42 Å². The normalized spacial score (nSPS) is 14.2. The van der Waals surface area contributed by atoms with Gasteiger partial charge in [-0.2, -0.15) is 0 Å². The quantitative estimate of drug-likeness (QED) is 0.413. The first-order valence-corrected chi connectivity index (χ1v) is 10.4. The highest BCUT2D eigenvalue weighted by Gasteiger charge is 2.34. The molecule has 0 aliphatic carbocycles. The number of carboxylic acid groups (broad SMARTS) is 1. The number of aliphatic imine (C=N–C) groups is 1. The molecule has 0 saturated heterocycles. The van der Waals surface area contributed by atoms with E-state index in [0.29, 0.717) is 0 Å². The predicted octanol–water partition coefficient (Wildman–Crippen LogP) is 3.13. The lowest BCUT2D eigenvalue weighted by Crippen LogP contribution is -2.47. The first-order chi connectivity index (χ1) is 14.7. The number of amides is 2. The van der Waals surface area contributed by atoms with Gasteiger partial charge in [-0.3, -0.25) is 9.59 Å². The number of hydrogen-bond donors (Lipinski definition) is 3. The van der Waals surface area contributed by atoms with Crippen molar-refractivity contribution in [3.8, 4) is 0 Å². The van der Waals surface area contributed by atoms with E-state index < -0.39 is 41.6 Å². The molecular formula is C23H35N3O6. The Labute approximate surface area is 189 Å². The average Bonchev–Trinajstić information content (AvgIpc) is 2.65. The number of ether oxygens (including phenoxy) is 2. The van der Waals surface area contributed by atoms with Crippen molar-refractivity contribution >= 4 is 23.9 Å². The molecule has 1 unspecified atom stereocenters. The second-order valence-corrected chi connectivity index (χ2v) is 9.42. The van der Waals surface area contributed by atoms with Crippen LogP contribution in [-0.4, -0.2) is 53.7 Å². The summed E-state index contributed by atoms with van der Waals surface area (Å²) in [5, 5.41) is 14.5. The van der Waals surface area contributed by atoms with Crippen molar-refractivity contribution in [1.29, 1.82) is 0 Å². The molecule has 2 atom stereocenters. The Bertz CT molecular complexity index is 809. The number of likely N-dealkylation sites (N-methyl/N-ethyl adjacent to an activating group) is 1. The zero-order valence-corrected chi connectivity index (χ0v) is 19.9. The third kappa shape index (κ3) is 9.80. The molecule has 0 aliphatic rings. The maximum atomic E-state index is 12.5. The van der Waals surface area contributed by atoms with Crippen molar-refractivity contribution in [2.24, 2.45) is 10.4 Å². The number of rotatable bonds is 8. The number of benzene rings is 1. The largest absolute Gasteiger partial charge is 0.481 e. The molecule has 1 aromatic rings. The van der Waals surface area contributed by atoms with Crippen molar-refractivity contribution in [3.05, 3.63) is 35.9 Å². The minimum absolute atomic E-state index is 0.0642. The van der Waals surface area contributed by atoms with E-state index in [1.54, 1.807) is 20.8 Å². The van der Waals surface area contributed by atoms with Crippen LogP contribution < -0.4 is 10.6 Å². The lowest BCUT2D eigenvalue weighted by atomic mass is 9.86. The molecular weight excluding hydrogens is 414 g/mol. The number of hydrogen-bond acceptors (Lipinski definition) is 6. The molecule has 9 nitrogen and oxygen atoms in total. The monoisotopic (exact) mass is 449 g/mol. The van der Waals surface area contributed by atoms with Crippen molar-refractivity contribution in [2.45, 2.75) is 72.3 Å². The Balaban J connectivity index is 3.36. The minimum Gasteiger partial charge on any atom is -0.481 e. The summed E-state index contributed by atoms with van der Waals surface area (Å²) in [4.78, 5) is 40.9. The molecule has 0 saturated carbocycles. The van der Waals surface area contributed by atoms with E-state index in [4.69, 9.17) is 9.47 Å². The Kier molecular flexibility index (Phi) is 9.68. The smallest absolute Gasteiger partial charge is 0.408 e. The Hall–Kier alpha value is -3.10. The van der Waals surface area contributed by atoms with E-state index >= 15 is 0 Å². The third-order valence-corrected chi connectivity index (χ3v) is 4.17. The fraction of sp³-hybridized carbons (Fsp3) is 0.565. The summed E-state index contributed by atoms with van der Waals surface area (Å²) in [6, 6.07) is 7.19. The summed E-state index contributed by atoms with van der Waals surface area (Å²) in [5.74, 6) is -1.59. The van der Waals surface area contributed by atoms with E-state index in [1.807, 2.05) is 51.1 Å². The zero-order chi connectivity index (χ0) is 24.5. The Morgan fingerprint density at radius 3 is 2.12 bits per heavy atom. The SMILES string of the molecule is CNC(=O)[C@@H](N=C(OCc1ccccc1)C(CC(=O)O)NC(=O)OC(C)(C)C)C(C)(C)C. The highest BCUT2D eigenvalue weighted by atomic mass is 16.6. The van der Waals surface area contributed by atoms with Crippen LogP contribution >= 0.6 is 0 Å². The van der Waals surface area contributed by atoms with Gasteiger partial charge < -0.3 is 25.2 Å². The van der Waals surface area contributed by atoms with E-state index in [-0.39, 0.29) is 18.4 Å². The van der Waals surface area contributed by atoms with E-state index in [9.17, 15) is 19.5 Å². The number of alkyl carbamates (subject to hydrolysis) is 1. The second kappa shape index (κ2) is 11.5. The Morgan fingerprint density at radius 2 is 1.66 bits per heavy atom. The summed E-state index contributed by atoms with van der Waals surface area (Å²) in [6.07, 6.45) is -1.32. The summed E-state index contributed by atoms with van der Waals surface area (Å²) in [6.45, 7) is 10.7. The van der Waals surface area contributed by atoms with Crippen molar-refractivity contribution in [2.75, 3.05) is 7.05 Å². The van der Waals surface area contributed by atoms with Gasteiger partial charge >= 0.3 is 12.1 Å². The topological polar surface area (TPSA) is 126 Å². The zero-order valence-electron chi connectivity index (χ0n) is 19.9. The van der Waals surface area contributed by atoms with Crippen LogP contribution in [0, 0.1) is 5.41 Å². The van der Waals surface area contributed by atoms with Crippen LogP contribution in [0.3, 0.4) is 0 Å². The molecule has 178 valence electrons. The van der Waals surface area contributed by atoms with E-state index in [0.717, 1.165) is 5.56 Å². The van der Waals surface area contributed by atoms with Gasteiger partial charge in [-0.1, -0.05) is 51.1 Å². The Morgan fingerprint density at radius 1 is 1.06 bits per heavy atom. The van der Waals surface area contributed by atoms with Crippen LogP contribution in [0.4, 0.5) is 4.79 Å². The molecule has 2 amide bonds. The van der Waals surface area contributed by atoms with E-state index in [1.165, 1.54) is 7.05 Å². The molecule has 3 N–H and O–H groups in total. The summed E-state index contributed by atoms with van der Waals surface area (Å²) in [5.41, 5.74) is -0.559. The molecule has 1 aromatic carbocycles. The van der Waals surface area contributed by atoms with Crippen LogP contribution in [0.25, 0.3) is 0 Å². The second-order valence-electron chi connectivity index (χ2n) is 9.42. The average molecular weight is 450 g/mol. The van der Waals surface area contributed by atoms with Crippen molar-refractivity contribution < 1.29 is 29.0 Å². The summed E-state index contributed by atoms with van der Waals surface area (Å²) in [7, 11) is 1.49. The van der Waals surface area contributed by atoms with Gasteiger partial charge in [-0.15, -0.1) is 0 Å². The van der Waals surface area contributed by atoms with Gasteiger partial charge in [0.15, 0.2) is 0 Å².